The largest absolute Gasteiger partial charge is 0.489 e. The van der Waals surface area contributed by atoms with Gasteiger partial charge in [0.15, 0.2) is 0 Å². The first-order chi connectivity index (χ1) is 15.0. The number of carbonyl (C=O) groups excluding carboxylic acids is 1. The van der Waals surface area contributed by atoms with Crippen molar-refractivity contribution in [2.75, 3.05) is 19.7 Å². The number of hydrogen-bond acceptors (Lipinski definition) is 4. The van der Waals surface area contributed by atoms with Gasteiger partial charge in [-0.1, -0.05) is 12.1 Å². The van der Waals surface area contributed by atoms with Crippen molar-refractivity contribution in [2.24, 2.45) is 0 Å². The molecule has 0 aliphatic carbocycles. The number of nitrogens with zero attached hydrogens (tertiary/aromatic N) is 2. The average Bonchev–Trinajstić information content (AvgIpc) is 3.34. The monoisotopic (exact) mass is 421 g/mol. The van der Waals surface area contributed by atoms with Gasteiger partial charge in [-0.15, -0.1) is 0 Å². The van der Waals surface area contributed by atoms with Gasteiger partial charge in [0, 0.05) is 61.2 Å². The summed E-state index contributed by atoms with van der Waals surface area (Å²) in [6.07, 6.45) is 1.86. The van der Waals surface area contributed by atoms with Gasteiger partial charge in [-0.05, 0) is 35.9 Å². The molecule has 5 rings (SSSR count). The number of H-pyrrole nitrogens is 1. The first kappa shape index (κ1) is 19.8. The Morgan fingerprint density at radius 1 is 1.29 bits per heavy atom. The third kappa shape index (κ3) is 3.71. The second-order valence-electron chi connectivity index (χ2n) is 8.12. The summed E-state index contributed by atoms with van der Waals surface area (Å²) in [5.74, 6) is 0.236. The molecule has 1 atom stereocenters. The lowest BCUT2D eigenvalue weighted by atomic mass is 10.0. The Balaban J connectivity index is 1.27. The Bertz CT molecular complexity index is 1280. The molecule has 0 fully saturated rings. The number of nitrogens with one attached hydrogen (secondary N) is 1. The fourth-order valence-electron chi connectivity index (χ4n) is 4.47. The average molecular weight is 421 g/mol. The van der Waals surface area contributed by atoms with Crippen LogP contribution in [0.2, 0.25) is 0 Å². The summed E-state index contributed by atoms with van der Waals surface area (Å²) in [5.41, 5.74) is 3.89. The number of aliphatic hydroxyl groups excluding tert-OH is 1. The Morgan fingerprint density at radius 2 is 2.16 bits per heavy atom. The maximum atomic E-state index is 13.7. The van der Waals surface area contributed by atoms with Gasteiger partial charge in [0.25, 0.3) is 0 Å². The number of benzene rings is 2. The topological polar surface area (TPSA) is 70.5 Å². The molecule has 7 heteroatoms. The van der Waals surface area contributed by atoms with Crippen LogP contribution >= 0.6 is 0 Å². The van der Waals surface area contributed by atoms with Crippen LogP contribution < -0.4 is 4.74 Å². The van der Waals surface area contributed by atoms with E-state index in [1.807, 2.05) is 24.3 Å². The zero-order chi connectivity index (χ0) is 21.5. The summed E-state index contributed by atoms with van der Waals surface area (Å²) in [6, 6.07) is 12.3. The highest BCUT2D eigenvalue weighted by atomic mass is 19.1. The smallest absolute Gasteiger partial charge is 0.228 e. The molecule has 2 N–H and O–H groups in total. The molecule has 2 aromatic heterocycles. The van der Waals surface area contributed by atoms with Gasteiger partial charge < -0.3 is 14.8 Å². The number of aliphatic hydroxyl groups is 1. The normalized spacial score (nSPS) is 15.3. The third-order valence-electron chi connectivity index (χ3n) is 5.93. The fraction of sp³-hybridized carbons (Fsp3) is 0.292. The van der Waals surface area contributed by atoms with Gasteiger partial charge >= 0.3 is 0 Å². The number of hydrogen-bond donors (Lipinski definition) is 2. The minimum atomic E-state index is -0.695. The van der Waals surface area contributed by atoms with Crippen LogP contribution in [0.25, 0.3) is 21.8 Å². The molecule has 1 aliphatic heterocycles. The van der Waals surface area contributed by atoms with Crippen molar-refractivity contribution in [1.82, 2.24) is 14.5 Å². The number of aromatic amines is 1. The molecule has 0 spiro atoms. The van der Waals surface area contributed by atoms with Crippen molar-refractivity contribution in [3.63, 3.8) is 0 Å². The number of para-hydroxylation sites is 1. The number of aromatic nitrogens is 2. The lowest BCUT2D eigenvalue weighted by molar-refractivity contribution is 0.0642. The predicted octanol–water partition coefficient (Wildman–Crippen LogP) is 3.72. The maximum Gasteiger partial charge on any atom is 0.228 e. The van der Waals surface area contributed by atoms with Crippen molar-refractivity contribution in [3.05, 3.63) is 65.7 Å². The second-order valence-corrected chi connectivity index (χ2v) is 8.12. The van der Waals surface area contributed by atoms with Crippen LogP contribution in [0, 0.1) is 5.82 Å². The zero-order valence-corrected chi connectivity index (χ0v) is 17.3. The number of halogens is 1. The minimum Gasteiger partial charge on any atom is -0.489 e. The molecule has 0 bridgehead atoms. The third-order valence-corrected chi connectivity index (χ3v) is 5.93. The van der Waals surface area contributed by atoms with E-state index in [0.717, 1.165) is 40.5 Å². The standard InChI is InChI=1S/C24H24FN3O3/c1-15(29)28-10-7-16-3-2-4-23(24(16)28)31-14-18(30)12-27-9-8-22-20(13-27)19-11-17(25)5-6-21(19)26-22/h2-7,10-11,18,26,30H,8-9,12-14H2,1H3. The van der Waals surface area contributed by atoms with E-state index in [4.69, 9.17) is 4.74 Å². The molecule has 6 nitrogen and oxygen atoms in total. The van der Waals surface area contributed by atoms with Gasteiger partial charge in [-0.3, -0.25) is 14.3 Å². The highest BCUT2D eigenvalue weighted by Crippen LogP contribution is 2.29. The van der Waals surface area contributed by atoms with Crippen molar-refractivity contribution in [1.29, 1.82) is 0 Å². The zero-order valence-electron chi connectivity index (χ0n) is 17.3. The molecule has 4 aromatic rings. The van der Waals surface area contributed by atoms with Gasteiger partial charge in [-0.25, -0.2) is 4.39 Å². The Labute approximate surface area is 178 Å². The van der Waals surface area contributed by atoms with E-state index in [1.54, 1.807) is 22.9 Å². The molecular formula is C24H24FN3O3. The van der Waals surface area contributed by atoms with Crippen molar-refractivity contribution in [2.45, 2.75) is 26.0 Å². The van der Waals surface area contributed by atoms with Crippen molar-refractivity contribution < 1.29 is 19.0 Å². The lowest BCUT2D eigenvalue weighted by Gasteiger charge is -2.29. The molecular weight excluding hydrogens is 397 g/mol. The minimum absolute atomic E-state index is 0.0918. The van der Waals surface area contributed by atoms with E-state index in [-0.39, 0.29) is 18.3 Å². The first-order valence-corrected chi connectivity index (χ1v) is 10.4. The molecule has 0 saturated carbocycles. The Morgan fingerprint density at radius 3 is 3.00 bits per heavy atom. The number of β-amino-alcohol motifs (C(OH)–C–C–N with tert-alkyl or cyclic N) is 1. The van der Waals surface area contributed by atoms with Gasteiger partial charge in [0.05, 0.1) is 5.52 Å². The Kier molecular flexibility index (Phi) is 5.00. The van der Waals surface area contributed by atoms with Gasteiger partial charge in [0.1, 0.15) is 24.3 Å². The van der Waals surface area contributed by atoms with Crippen molar-refractivity contribution >= 4 is 27.7 Å². The molecule has 0 radical (unpaired) electrons. The van der Waals surface area contributed by atoms with E-state index in [1.165, 1.54) is 13.0 Å². The molecule has 2 aromatic carbocycles. The quantitative estimate of drug-likeness (QED) is 0.515. The number of fused-ring (bicyclic) bond motifs is 4. The van der Waals surface area contributed by atoms with E-state index >= 15 is 0 Å². The highest BCUT2D eigenvalue weighted by Gasteiger charge is 2.23. The molecule has 1 unspecified atom stereocenters. The lowest BCUT2D eigenvalue weighted by Crippen LogP contribution is -2.38. The summed E-state index contributed by atoms with van der Waals surface area (Å²) in [5, 5.41) is 12.4. The predicted molar refractivity (Wildman–Crippen MR) is 117 cm³/mol. The van der Waals surface area contributed by atoms with Gasteiger partial charge in [-0.2, -0.15) is 0 Å². The van der Waals surface area contributed by atoms with Crippen LogP contribution in [0.5, 0.6) is 5.75 Å². The molecule has 0 saturated heterocycles. The van der Waals surface area contributed by atoms with Crippen LogP contribution in [-0.2, 0) is 13.0 Å². The molecule has 31 heavy (non-hydrogen) atoms. The number of rotatable bonds is 5. The summed E-state index contributed by atoms with van der Waals surface area (Å²) >= 11 is 0. The van der Waals surface area contributed by atoms with E-state index < -0.39 is 6.10 Å². The number of ether oxygens (including phenoxy) is 1. The van der Waals surface area contributed by atoms with Crippen LogP contribution in [0.15, 0.2) is 48.7 Å². The van der Waals surface area contributed by atoms with Crippen LogP contribution in [0.1, 0.15) is 23.0 Å². The van der Waals surface area contributed by atoms with Crippen LogP contribution in [-0.4, -0.2) is 51.3 Å². The summed E-state index contributed by atoms with van der Waals surface area (Å²) in [6.45, 7) is 3.53. The van der Waals surface area contributed by atoms with Crippen molar-refractivity contribution in [3.8, 4) is 5.75 Å². The Hall–Kier alpha value is -3.16. The summed E-state index contributed by atoms with van der Waals surface area (Å²) < 4.78 is 21.2. The SMILES string of the molecule is CC(=O)n1ccc2cccc(OCC(O)CN3CCc4[nH]c5ccc(F)cc5c4C3)c21. The molecule has 160 valence electrons. The summed E-state index contributed by atoms with van der Waals surface area (Å²) in [7, 11) is 0. The van der Waals surface area contributed by atoms with Gasteiger partial charge in [0.2, 0.25) is 5.91 Å². The molecule has 3 heterocycles. The highest BCUT2D eigenvalue weighted by molar-refractivity contribution is 5.95. The van der Waals surface area contributed by atoms with E-state index in [0.29, 0.717) is 24.4 Å². The molecule has 0 amide bonds. The first-order valence-electron chi connectivity index (χ1n) is 10.4. The maximum absolute atomic E-state index is 13.7. The summed E-state index contributed by atoms with van der Waals surface area (Å²) in [4.78, 5) is 17.4. The fourth-order valence-corrected chi connectivity index (χ4v) is 4.47. The second kappa shape index (κ2) is 7.83. The molecule has 1 aliphatic rings. The van der Waals surface area contributed by atoms with E-state index in [9.17, 15) is 14.3 Å². The number of carbonyl (C=O) groups is 1. The van der Waals surface area contributed by atoms with Crippen LogP contribution in [0.4, 0.5) is 4.39 Å². The van der Waals surface area contributed by atoms with Crippen LogP contribution in [0.3, 0.4) is 0 Å². The van der Waals surface area contributed by atoms with E-state index in [2.05, 4.69) is 9.88 Å².